The summed E-state index contributed by atoms with van der Waals surface area (Å²) < 4.78 is 4.87. The van der Waals surface area contributed by atoms with Gasteiger partial charge in [-0.2, -0.15) is 4.98 Å². The molecule has 0 bridgehead atoms. The lowest BCUT2D eigenvalue weighted by molar-refractivity contribution is -0.146. The average molecular weight is 230 g/mol. The first-order chi connectivity index (χ1) is 7.13. The Balaban J connectivity index is 2.33. The number of nitrogens with two attached hydrogens (primary N) is 1. The van der Waals surface area contributed by atoms with Gasteiger partial charge in [0.15, 0.2) is 0 Å². The minimum absolute atomic E-state index is 0.172. The third-order valence-electron chi connectivity index (χ3n) is 1.63. The van der Waals surface area contributed by atoms with Crippen molar-refractivity contribution in [1.29, 1.82) is 0 Å². The number of hydrogen-bond donors (Lipinski definition) is 2. The molecule has 0 aromatic carbocycles. The Morgan fingerprint density at radius 3 is 3.00 bits per heavy atom. The highest BCUT2D eigenvalue weighted by molar-refractivity contribution is 7.99. The van der Waals surface area contributed by atoms with E-state index in [0.29, 0.717) is 17.5 Å². The van der Waals surface area contributed by atoms with Gasteiger partial charge in [-0.05, 0) is 6.92 Å². The maximum absolute atomic E-state index is 11.3. The lowest BCUT2D eigenvalue weighted by Gasteiger charge is -2.07. The van der Waals surface area contributed by atoms with Crippen molar-refractivity contribution in [3.63, 3.8) is 0 Å². The molecule has 15 heavy (non-hydrogen) atoms. The zero-order chi connectivity index (χ0) is 11.3. The highest BCUT2D eigenvalue weighted by Gasteiger charge is 2.15. The van der Waals surface area contributed by atoms with Crippen LogP contribution in [-0.4, -0.2) is 33.5 Å². The number of hydrogen-bond acceptors (Lipinski definition) is 6. The van der Waals surface area contributed by atoms with E-state index >= 15 is 0 Å². The topological polar surface area (TPSA) is 93.9 Å². The summed E-state index contributed by atoms with van der Waals surface area (Å²) in [6.07, 6.45) is 0. The van der Waals surface area contributed by atoms with Gasteiger partial charge < -0.3 is 10.5 Å². The highest BCUT2D eigenvalue weighted by atomic mass is 32.2. The van der Waals surface area contributed by atoms with Crippen LogP contribution in [0, 0.1) is 5.92 Å². The van der Waals surface area contributed by atoms with Crippen molar-refractivity contribution in [1.82, 2.24) is 15.2 Å². The van der Waals surface area contributed by atoms with Crippen molar-refractivity contribution in [3.8, 4) is 0 Å². The second-order valence-corrected chi connectivity index (χ2v) is 3.95. The first kappa shape index (κ1) is 11.8. The maximum Gasteiger partial charge on any atom is 0.309 e. The second-order valence-electron chi connectivity index (χ2n) is 2.97. The molecule has 84 valence electrons. The Bertz CT molecular complexity index is 328. The SMILES string of the molecule is CCOC(=O)C(C)CSc1n[nH]c(N)n1. The van der Waals surface area contributed by atoms with Crippen molar-refractivity contribution in [2.75, 3.05) is 18.1 Å². The molecule has 0 fully saturated rings. The molecule has 0 aliphatic heterocycles. The number of aromatic amines is 1. The maximum atomic E-state index is 11.3. The number of esters is 1. The summed E-state index contributed by atoms with van der Waals surface area (Å²) in [6.45, 7) is 4.00. The quantitative estimate of drug-likeness (QED) is 0.570. The van der Waals surface area contributed by atoms with Gasteiger partial charge in [-0.15, -0.1) is 5.10 Å². The first-order valence-electron chi connectivity index (χ1n) is 4.60. The number of nitrogen functional groups attached to an aromatic ring is 1. The fraction of sp³-hybridized carbons (Fsp3) is 0.625. The smallest absolute Gasteiger partial charge is 0.309 e. The third kappa shape index (κ3) is 3.78. The molecule has 1 unspecified atom stereocenters. The van der Waals surface area contributed by atoms with Crippen molar-refractivity contribution < 1.29 is 9.53 Å². The molecule has 0 aliphatic carbocycles. The van der Waals surface area contributed by atoms with Crippen molar-refractivity contribution >= 4 is 23.7 Å². The first-order valence-corrected chi connectivity index (χ1v) is 5.59. The molecule has 1 aromatic rings. The van der Waals surface area contributed by atoms with E-state index in [4.69, 9.17) is 10.5 Å². The highest BCUT2D eigenvalue weighted by Crippen LogP contribution is 2.17. The molecule has 0 saturated carbocycles. The van der Waals surface area contributed by atoms with E-state index in [2.05, 4.69) is 15.2 Å². The average Bonchev–Trinajstić information content (AvgIpc) is 2.61. The van der Waals surface area contributed by atoms with Gasteiger partial charge in [0.2, 0.25) is 11.1 Å². The number of aromatic nitrogens is 3. The lowest BCUT2D eigenvalue weighted by Crippen LogP contribution is -2.16. The molecule has 0 radical (unpaired) electrons. The van der Waals surface area contributed by atoms with Crippen LogP contribution in [0.4, 0.5) is 5.95 Å². The summed E-state index contributed by atoms with van der Waals surface area (Å²) in [6, 6.07) is 0. The summed E-state index contributed by atoms with van der Waals surface area (Å²) in [4.78, 5) is 15.2. The molecule has 1 heterocycles. The monoisotopic (exact) mass is 230 g/mol. The molecule has 1 atom stereocenters. The molecule has 7 heteroatoms. The van der Waals surface area contributed by atoms with Crippen LogP contribution in [-0.2, 0) is 9.53 Å². The number of carbonyl (C=O) groups excluding carboxylic acids is 1. The van der Waals surface area contributed by atoms with Crippen molar-refractivity contribution in [2.24, 2.45) is 5.92 Å². The van der Waals surface area contributed by atoms with Gasteiger partial charge in [0, 0.05) is 5.75 Å². The van der Waals surface area contributed by atoms with Gasteiger partial charge in [-0.3, -0.25) is 4.79 Å². The molecular weight excluding hydrogens is 216 g/mol. The van der Waals surface area contributed by atoms with E-state index in [0.717, 1.165) is 0 Å². The summed E-state index contributed by atoms with van der Waals surface area (Å²) in [5.74, 6) is 0.486. The summed E-state index contributed by atoms with van der Waals surface area (Å²) >= 11 is 1.37. The number of H-pyrrole nitrogens is 1. The number of anilines is 1. The normalized spacial score (nSPS) is 12.4. The van der Waals surface area contributed by atoms with Crippen LogP contribution in [0.1, 0.15) is 13.8 Å². The minimum atomic E-state index is -0.200. The van der Waals surface area contributed by atoms with E-state index in [9.17, 15) is 4.79 Å². The van der Waals surface area contributed by atoms with E-state index < -0.39 is 0 Å². The number of rotatable bonds is 5. The zero-order valence-electron chi connectivity index (χ0n) is 8.69. The predicted octanol–water partition coefficient (Wildman–Crippen LogP) is 0.678. The van der Waals surface area contributed by atoms with Crippen LogP contribution < -0.4 is 5.73 Å². The van der Waals surface area contributed by atoms with Gasteiger partial charge in [0.25, 0.3) is 0 Å². The number of ether oxygens (including phenoxy) is 1. The van der Waals surface area contributed by atoms with Gasteiger partial charge in [-0.25, -0.2) is 5.10 Å². The van der Waals surface area contributed by atoms with Crippen LogP contribution in [0.25, 0.3) is 0 Å². The Morgan fingerprint density at radius 2 is 2.47 bits per heavy atom. The van der Waals surface area contributed by atoms with Crippen molar-refractivity contribution in [3.05, 3.63) is 0 Å². The molecule has 1 aromatic heterocycles. The standard InChI is InChI=1S/C8H14N4O2S/c1-3-14-6(13)5(2)4-15-8-10-7(9)11-12-8/h5H,3-4H2,1-2H3,(H3,9,10,11,12). The summed E-state index contributed by atoms with van der Waals surface area (Å²) in [5, 5.41) is 6.91. The number of carbonyl (C=O) groups is 1. The fourth-order valence-electron chi connectivity index (χ4n) is 0.875. The van der Waals surface area contributed by atoms with Gasteiger partial charge in [0.05, 0.1) is 12.5 Å². The van der Waals surface area contributed by atoms with Crippen LogP contribution in [0.5, 0.6) is 0 Å². The van der Waals surface area contributed by atoms with Gasteiger partial charge >= 0.3 is 5.97 Å². The fourth-order valence-corrected chi connectivity index (χ4v) is 1.68. The number of nitrogens with one attached hydrogen (secondary N) is 1. The summed E-state index contributed by atoms with van der Waals surface area (Å²) in [5.41, 5.74) is 5.36. The molecule has 0 amide bonds. The minimum Gasteiger partial charge on any atom is -0.466 e. The Kier molecular flexibility index (Phi) is 4.41. The van der Waals surface area contributed by atoms with E-state index in [1.807, 2.05) is 0 Å². The van der Waals surface area contributed by atoms with Crippen LogP contribution >= 0.6 is 11.8 Å². The molecular formula is C8H14N4O2S. The largest absolute Gasteiger partial charge is 0.466 e. The summed E-state index contributed by atoms with van der Waals surface area (Å²) in [7, 11) is 0. The second kappa shape index (κ2) is 5.59. The number of nitrogens with zero attached hydrogens (tertiary/aromatic N) is 2. The zero-order valence-corrected chi connectivity index (χ0v) is 9.50. The number of thioether (sulfide) groups is 1. The molecule has 0 saturated heterocycles. The predicted molar refractivity (Wildman–Crippen MR) is 57.3 cm³/mol. The van der Waals surface area contributed by atoms with Gasteiger partial charge in [0.1, 0.15) is 0 Å². The molecule has 3 N–H and O–H groups in total. The Hall–Kier alpha value is -1.24. The molecule has 6 nitrogen and oxygen atoms in total. The Morgan fingerprint density at radius 1 is 1.73 bits per heavy atom. The molecule has 1 rings (SSSR count). The van der Waals surface area contributed by atoms with Crippen LogP contribution in [0.15, 0.2) is 5.16 Å². The lowest BCUT2D eigenvalue weighted by atomic mass is 10.2. The van der Waals surface area contributed by atoms with E-state index in [-0.39, 0.29) is 17.8 Å². The Labute approximate surface area is 92.0 Å². The van der Waals surface area contributed by atoms with Crippen LogP contribution in [0.2, 0.25) is 0 Å². The van der Waals surface area contributed by atoms with E-state index in [1.54, 1.807) is 13.8 Å². The van der Waals surface area contributed by atoms with E-state index in [1.165, 1.54) is 11.8 Å². The van der Waals surface area contributed by atoms with Gasteiger partial charge in [-0.1, -0.05) is 18.7 Å². The third-order valence-corrected chi connectivity index (χ3v) is 2.74. The van der Waals surface area contributed by atoms with Crippen LogP contribution in [0.3, 0.4) is 0 Å². The molecule has 0 aliphatic rings. The van der Waals surface area contributed by atoms with Crippen molar-refractivity contribution in [2.45, 2.75) is 19.0 Å². The molecule has 0 spiro atoms.